The molecule has 0 unspecified atom stereocenters. The monoisotopic (exact) mass is 861 g/mol. The Kier molecular flexibility index (Phi) is 9.19. The van der Waals surface area contributed by atoms with Crippen molar-refractivity contribution in [2.24, 2.45) is 0 Å². The van der Waals surface area contributed by atoms with Crippen molar-refractivity contribution in [1.29, 1.82) is 0 Å². The summed E-state index contributed by atoms with van der Waals surface area (Å²) in [5, 5.41) is 4.93. The molecule has 0 aliphatic heterocycles. The van der Waals surface area contributed by atoms with Gasteiger partial charge in [-0.3, -0.25) is 0 Å². The Morgan fingerprint density at radius 1 is 0.358 bits per heavy atom. The molecule has 2 aliphatic rings. The standard InChI is InChI=1S/C66H55N/c1-64(2,3)59-41-54(42-20-9-8-10-21-42)63(53-29-14-13-27-50(53)59)67(47-34-36-58-55(40-47)51-28-16-18-31-57(51)65(58,4)5)61-37-33-43-22-11-12-25-48(43)62(61)46-24-19-23-44(38-46)45-32-35-52-49-26-15-17-30-56(49)66(6,7)60(52)39-45/h8-41H,1-7H3. The lowest BCUT2D eigenvalue weighted by atomic mass is 9.80. The van der Waals surface area contributed by atoms with Gasteiger partial charge in [-0.15, -0.1) is 0 Å². The van der Waals surface area contributed by atoms with Gasteiger partial charge in [-0.1, -0.05) is 218 Å². The zero-order valence-corrected chi connectivity index (χ0v) is 39.6. The van der Waals surface area contributed by atoms with Gasteiger partial charge in [0.2, 0.25) is 0 Å². The van der Waals surface area contributed by atoms with Crippen molar-refractivity contribution in [3.8, 4) is 55.6 Å². The number of nitrogens with zero attached hydrogens (tertiary/aromatic N) is 1. The SMILES string of the molecule is CC(C)(C)c1cc(-c2ccccc2)c(N(c2ccc3c(c2)-c2ccccc2C3(C)C)c2ccc3ccccc3c2-c2cccc(-c3ccc4c(c3)C(C)(C)c3ccccc3-4)c2)c2ccccc12. The minimum Gasteiger partial charge on any atom is -0.309 e. The van der Waals surface area contributed by atoms with Gasteiger partial charge < -0.3 is 4.90 Å². The molecule has 12 rings (SSSR count). The van der Waals surface area contributed by atoms with Crippen LogP contribution in [0, 0.1) is 0 Å². The molecule has 0 heterocycles. The van der Waals surface area contributed by atoms with Crippen LogP contribution >= 0.6 is 0 Å². The maximum absolute atomic E-state index is 2.61. The van der Waals surface area contributed by atoms with Gasteiger partial charge in [0, 0.05) is 33.0 Å². The Morgan fingerprint density at radius 3 is 1.67 bits per heavy atom. The molecule has 0 fully saturated rings. The van der Waals surface area contributed by atoms with Gasteiger partial charge in [0.05, 0.1) is 11.4 Å². The van der Waals surface area contributed by atoms with Crippen molar-refractivity contribution in [2.75, 3.05) is 4.90 Å². The molecule has 0 radical (unpaired) electrons. The van der Waals surface area contributed by atoms with Crippen molar-refractivity contribution in [1.82, 2.24) is 0 Å². The maximum Gasteiger partial charge on any atom is 0.0618 e. The summed E-state index contributed by atoms with van der Waals surface area (Å²) >= 11 is 0. The Bertz CT molecular complexity index is 3620. The van der Waals surface area contributed by atoms with Crippen LogP contribution in [-0.4, -0.2) is 0 Å². The molecule has 1 nitrogen and oxygen atoms in total. The normalized spacial score (nSPS) is 14.1. The first kappa shape index (κ1) is 41.0. The maximum atomic E-state index is 2.61. The van der Waals surface area contributed by atoms with Crippen LogP contribution in [-0.2, 0) is 16.2 Å². The van der Waals surface area contributed by atoms with E-state index in [9.17, 15) is 0 Å². The summed E-state index contributed by atoms with van der Waals surface area (Å²) < 4.78 is 0. The molecule has 10 aromatic rings. The summed E-state index contributed by atoms with van der Waals surface area (Å²) in [5.74, 6) is 0. The van der Waals surface area contributed by atoms with E-state index in [0.29, 0.717) is 0 Å². The molecule has 0 amide bonds. The minimum absolute atomic E-state index is 0.0871. The van der Waals surface area contributed by atoms with Gasteiger partial charge in [-0.25, -0.2) is 0 Å². The molecular formula is C66H55N. The fourth-order valence-electron chi connectivity index (χ4n) is 11.8. The molecule has 0 aromatic heterocycles. The van der Waals surface area contributed by atoms with E-state index >= 15 is 0 Å². The third kappa shape index (κ3) is 6.35. The van der Waals surface area contributed by atoms with E-state index in [-0.39, 0.29) is 16.2 Å². The van der Waals surface area contributed by atoms with Gasteiger partial charge in [-0.2, -0.15) is 0 Å². The zero-order valence-electron chi connectivity index (χ0n) is 39.6. The first-order valence-corrected chi connectivity index (χ1v) is 23.9. The number of rotatable bonds is 6. The van der Waals surface area contributed by atoms with Crippen molar-refractivity contribution >= 4 is 38.6 Å². The van der Waals surface area contributed by atoms with Gasteiger partial charge in [0.25, 0.3) is 0 Å². The largest absolute Gasteiger partial charge is 0.309 e. The molecule has 1 heteroatoms. The van der Waals surface area contributed by atoms with Crippen LogP contribution < -0.4 is 4.90 Å². The summed E-state index contributed by atoms with van der Waals surface area (Å²) in [7, 11) is 0. The summed E-state index contributed by atoms with van der Waals surface area (Å²) in [6, 6.07) is 77.9. The second-order valence-corrected chi connectivity index (χ2v) is 20.9. The lowest BCUT2D eigenvalue weighted by molar-refractivity contribution is 0.596. The highest BCUT2D eigenvalue weighted by molar-refractivity contribution is 6.12. The number of hydrogen-bond acceptors (Lipinski definition) is 1. The van der Waals surface area contributed by atoms with Gasteiger partial charge in [0.15, 0.2) is 0 Å². The van der Waals surface area contributed by atoms with E-state index in [1.165, 1.54) is 111 Å². The molecule has 2 aliphatic carbocycles. The highest BCUT2D eigenvalue weighted by atomic mass is 15.1. The molecule has 0 N–H and O–H groups in total. The number of anilines is 3. The molecule has 10 aromatic carbocycles. The minimum atomic E-state index is -0.115. The first-order valence-electron chi connectivity index (χ1n) is 23.9. The van der Waals surface area contributed by atoms with Crippen LogP contribution in [0.25, 0.3) is 77.2 Å². The third-order valence-electron chi connectivity index (χ3n) is 15.2. The van der Waals surface area contributed by atoms with Crippen molar-refractivity contribution in [2.45, 2.75) is 64.7 Å². The van der Waals surface area contributed by atoms with E-state index in [1.54, 1.807) is 0 Å². The Balaban J connectivity index is 1.16. The van der Waals surface area contributed by atoms with Crippen LogP contribution in [0.2, 0.25) is 0 Å². The lowest BCUT2D eigenvalue weighted by Gasteiger charge is -2.34. The molecular weight excluding hydrogens is 807 g/mol. The van der Waals surface area contributed by atoms with Crippen LogP contribution in [0.4, 0.5) is 17.1 Å². The average molecular weight is 862 g/mol. The predicted molar refractivity (Wildman–Crippen MR) is 286 cm³/mol. The zero-order chi connectivity index (χ0) is 45.8. The van der Waals surface area contributed by atoms with Crippen LogP contribution in [0.3, 0.4) is 0 Å². The highest BCUT2D eigenvalue weighted by Gasteiger charge is 2.37. The molecule has 0 saturated carbocycles. The van der Waals surface area contributed by atoms with Crippen LogP contribution in [0.1, 0.15) is 76.3 Å². The predicted octanol–water partition coefficient (Wildman–Crippen LogP) is 18.4. The highest BCUT2D eigenvalue weighted by Crippen LogP contribution is 2.55. The van der Waals surface area contributed by atoms with E-state index in [4.69, 9.17) is 0 Å². The van der Waals surface area contributed by atoms with Crippen molar-refractivity contribution in [3.05, 3.63) is 234 Å². The molecule has 0 spiro atoms. The first-order chi connectivity index (χ1) is 32.4. The number of fused-ring (bicyclic) bond motifs is 8. The number of benzene rings is 10. The van der Waals surface area contributed by atoms with Gasteiger partial charge >= 0.3 is 0 Å². The second kappa shape index (κ2) is 15.0. The third-order valence-corrected chi connectivity index (χ3v) is 15.2. The van der Waals surface area contributed by atoms with E-state index < -0.39 is 0 Å². The molecule has 0 saturated heterocycles. The summed E-state index contributed by atoms with van der Waals surface area (Å²) in [6.07, 6.45) is 0. The summed E-state index contributed by atoms with van der Waals surface area (Å²) in [5.41, 5.74) is 22.5. The smallest absolute Gasteiger partial charge is 0.0618 e. The quantitative estimate of drug-likeness (QED) is 0.161. The Hall–Kier alpha value is -7.48. The van der Waals surface area contributed by atoms with E-state index in [0.717, 1.165) is 11.4 Å². The lowest BCUT2D eigenvalue weighted by Crippen LogP contribution is -2.17. The number of hydrogen-bond donors (Lipinski definition) is 0. The fraction of sp³-hybridized carbons (Fsp3) is 0.152. The Morgan fingerprint density at radius 2 is 0.925 bits per heavy atom. The van der Waals surface area contributed by atoms with E-state index in [2.05, 4.69) is 260 Å². The van der Waals surface area contributed by atoms with Crippen LogP contribution in [0.5, 0.6) is 0 Å². The average Bonchev–Trinajstić information content (AvgIpc) is 3.72. The van der Waals surface area contributed by atoms with Crippen molar-refractivity contribution < 1.29 is 0 Å². The van der Waals surface area contributed by atoms with Gasteiger partial charge in [-0.05, 0) is 130 Å². The Labute approximate surface area is 396 Å². The summed E-state index contributed by atoms with van der Waals surface area (Å²) in [4.78, 5) is 2.61. The molecule has 67 heavy (non-hydrogen) atoms. The second-order valence-electron chi connectivity index (χ2n) is 20.9. The molecule has 0 bridgehead atoms. The molecule has 0 atom stereocenters. The topological polar surface area (TPSA) is 3.24 Å². The van der Waals surface area contributed by atoms with E-state index in [1.807, 2.05) is 0 Å². The van der Waals surface area contributed by atoms with Crippen molar-refractivity contribution in [3.63, 3.8) is 0 Å². The summed E-state index contributed by atoms with van der Waals surface area (Å²) in [6.45, 7) is 16.5. The van der Waals surface area contributed by atoms with Gasteiger partial charge in [0.1, 0.15) is 0 Å². The fourth-order valence-corrected chi connectivity index (χ4v) is 11.8. The van der Waals surface area contributed by atoms with Crippen LogP contribution in [0.15, 0.2) is 206 Å². The molecule has 324 valence electrons.